The Balaban J connectivity index is 1.38. The summed E-state index contributed by atoms with van der Waals surface area (Å²) < 4.78 is 6.16. The number of thiocarbonyl (C=S) groups is 1. The number of nitro benzene ring substituents is 1. The molecule has 0 N–H and O–H groups in total. The molecule has 3 heterocycles. The minimum Gasteiger partial charge on any atom is -0.457 e. The van der Waals surface area contributed by atoms with Crippen molar-refractivity contribution in [1.82, 2.24) is 9.91 Å². The zero-order valence-electron chi connectivity index (χ0n) is 19.2. The summed E-state index contributed by atoms with van der Waals surface area (Å²) >= 11 is 6.64. The molecule has 9 nitrogen and oxygen atoms in total. The van der Waals surface area contributed by atoms with Gasteiger partial charge in [0.25, 0.3) is 17.5 Å². The Hall–Kier alpha value is -3.80. The van der Waals surface area contributed by atoms with Crippen LogP contribution in [-0.4, -0.2) is 50.1 Å². The number of rotatable bonds is 5. The van der Waals surface area contributed by atoms with Crippen LogP contribution in [0.2, 0.25) is 0 Å². The van der Waals surface area contributed by atoms with E-state index in [4.69, 9.17) is 16.6 Å². The SMILES string of the molecule is CC1C(N2C(=O)C(=Cc3ccc(-c4ccc([N+](=O)[O-])cc4)o3)SC2=S)C(=O)N(c2ccccc2)N1C. The van der Waals surface area contributed by atoms with Crippen LogP contribution >= 0.6 is 24.0 Å². The first-order valence-electron chi connectivity index (χ1n) is 11.0. The molecule has 0 spiro atoms. The molecule has 11 heteroatoms. The zero-order valence-corrected chi connectivity index (χ0v) is 20.9. The molecule has 3 aromatic rings. The van der Waals surface area contributed by atoms with Gasteiger partial charge in [0.05, 0.1) is 21.6 Å². The molecule has 2 fully saturated rings. The Bertz CT molecular complexity index is 1400. The fraction of sp³-hybridized carbons (Fsp3) is 0.160. The van der Waals surface area contributed by atoms with E-state index in [1.807, 2.05) is 49.3 Å². The molecular weight excluding hydrogens is 500 g/mol. The number of carbonyl (C=O) groups is 2. The van der Waals surface area contributed by atoms with Crippen LogP contribution in [0.3, 0.4) is 0 Å². The lowest BCUT2D eigenvalue weighted by molar-refractivity contribution is -0.384. The number of furan rings is 1. The third-order valence-corrected chi connectivity index (χ3v) is 7.52. The van der Waals surface area contributed by atoms with Gasteiger partial charge >= 0.3 is 0 Å². The number of hydrogen-bond acceptors (Lipinski definition) is 8. The maximum absolute atomic E-state index is 13.4. The van der Waals surface area contributed by atoms with Gasteiger partial charge in [0.2, 0.25) is 0 Å². The third kappa shape index (κ3) is 4.11. The molecule has 2 aliphatic rings. The van der Waals surface area contributed by atoms with Crippen molar-refractivity contribution >= 4 is 57.6 Å². The second kappa shape index (κ2) is 9.34. The number of thioether (sulfide) groups is 1. The van der Waals surface area contributed by atoms with Crippen molar-refractivity contribution in [2.75, 3.05) is 12.1 Å². The number of non-ortho nitro benzene ring substituents is 1. The van der Waals surface area contributed by atoms with E-state index in [1.165, 1.54) is 17.0 Å². The minimum absolute atomic E-state index is 0.0126. The molecule has 2 saturated heterocycles. The Morgan fingerprint density at radius 1 is 1.06 bits per heavy atom. The van der Waals surface area contributed by atoms with Crippen LogP contribution < -0.4 is 5.01 Å². The molecule has 2 unspecified atom stereocenters. The summed E-state index contributed by atoms with van der Waals surface area (Å²) in [6.45, 7) is 1.89. The monoisotopic (exact) mass is 520 g/mol. The van der Waals surface area contributed by atoms with E-state index in [0.717, 1.165) is 17.4 Å². The second-order valence-electron chi connectivity index (χ2n) is 8.30. The summed E-state index contributed by atoms with van der Waals surface area (Å²) in [5.74, 6) is 0.350. The molecule has 0 radical (unpaired) electrons. The van der Waals surface area contributed by atoms with Crippen molar-refractivity contribution < 1.29 is 18.9 Å². The van der Waals surface area contributed by atoms with Gasteiger partial charge in [0.15, 0.2) is 0 Å². The minimum atomic E-state index is -0.763. The lowest BCUT2D eigenvalue weighted by Gasteiger charge is -2.26. The van der Waals surface area contributed by atoms with E-state index < -0.39 is 11.0 Å². The number of amides is 2. The maximum atomic E-state index is 13.4. The highest BCUT2D eigenvalue weighted by Gasteiger charge is 2.51. The number of nitro groups is 1. The number of hydrazine groups is 1. The average Bonchev–Trinajstić information content (AvgIpc) is 3.50. The first-order valence-corrected chi connectivity index (χ1v) is 12.2. The van der Waals surface area contributed by atoms with Crippen molar-refractivity contribution in [3.05, 3.63) is 87.5 Å². The standard InChI is InChI=1S/C25H20N4O5S2/c1-15-22(24(31)28(26(15)2)17-6-4-3-5-7-17)27-23(30)21(36-25(27)35)14-19-12-13-20(34-19)16-8-10-18(11-9-16)29(32)33/h3-15,22H,1-2H3. The van der Waals surface area contributed by atoms with Crippen LogP contribution in [0.1, 0.15) is 12.7 Å². The Morgan fingerprint density at radius 2 is 1.75 bits per heavy atom. The normalized spacial score (nSPS) is 21.7. The fourth-order valence-electron chi connectivity index (χ4n) is 4.26. The molecule has 2 aromatic carbocycles. The van der Waals surface area contributed by atoms with E-state index in [9.17, 15) is 19.7 Å². The van der Waals surface area contributed by atoms with E-state index in [0.29, 0.717) is 26.3 Å². The first-order chi connectivity index (χ1) is 17.3. The lowest BCUT2D eigenvalue weighted by Crippen LogP contribution is -2.48. The van der Waals surface area contributed by atoms with Gasteiger partial charge in [-0.1, -0.05) is 42.2 Å². The van der Waals surface area contributed by atoms with E-state index >= 15 is 0 Å². The fourth-order valence-corrected chi connectivity index (χ4v) is 5.57. The quantitative estimate of drug-likeness (QED) is 0.206. The molecule has 0 saturated carbocycles. The van der Waals surface area contributed by atoms with Gasteiger partial charge in [-0.3, -0.25) is 24.6 Å². The van der Waals surface area contributed by atoms with Gasteiger partial charge in [-0.15, -0.1) is 0 Å². The summed E-state index contributed by atoms with van der Waals surface area (Å²) in [5, 5.41) is 14.3. The van der Waals surface area contributed by atoms with E-state index in [2.05, 4.69) is 0 Å². The Morgan fingerprint density at radius 3 is 2.42 bits per heavy atom. The smallest absolute Gasteiger partial charge is 0.269 e. The number of nitrogens with zero attached hydrogens (tertiary/aromatic N) is 4. The highest BCUT2D eigenvalue weighted by molar-refractivity contribution is 8.26. The van der Waals surface area contributed by atoms with Gasteiger partial charge in [0.1, 0.15) is 21.9 Å². The molecule has 182 valence electrons. The summed E-state index contributed by atoms with van der Waals surface area (Å²) in [5.41, 5.74) is 1.37. The summed E-state index contributed by atoms with van der Waals surface area (Å²) in [6.07, 6.45) is 1.59. The number of para-hydroxylation sites is 1. The highest BCUT2D eigenvalue weighted by Crippen LogP contribution is 2.39. The van der Waals surface area contributed by atoms with Gasteiger partial charge < -0.3 is 4.42 Å². The highest BCUT2D eigenvalue weighted by atomic mass is 32.2. The molecule has 2 amide bonds. The second-order valence-corrected chi connectivity index (χ2v) is 9.98. The Kier molecular flexibility index (Phi) is 6.20. The largest absolute Gasteiger partial charge is 0.457 e. The molecular formula is C25H20N4O5S2. The number of anilines is 1. The zero-order chi connectivity index (χ0) is 25.6. The lowest BCUT2D eigenvalue weighted by atomic mass is 10.1. The van der Waals surface area contributed by atoms with Crippen LogP contribution in [-0.2, 0) is 9.59 Å². The van der Waals surface area contributed by atoms with Gasteiger partial charge in [0, 0.05) is 30.8 Å². The number of benzene rings is 2. The van der Waals surface area contributed by atoms with Crippen molar-refractivity contribution in [1.29, 1.82) is 0 Å². The molecule has 2 atom stereocenters. The molecule has 0 bridgehead atoms. The number of carbonyl (C=O) groups excluding carboxylic acids is 2. The van der Waals surface area contributed by atoms with Gasteiger partial charge in [-0.25, -0.2) is 10.0 Å². The van der Waals surface area contributed by atoms with Crippen molar-refractivity contribution in [2.45, 2.75) is 19.0 Å². The van der Waals surface area contributed by atoms with Crippen molar-refractivity contribution in [3.63, 3.8) is 0 Å². The molecule has 2 aliphatic heterocycles. The molecule has 5 rings (SSSR count). The Labute approximate surface area is 216 Å². The summed E-state index contributed by atoms with van der Waals surface area (Å²) in [4.78, 5) is 39.0. The van der Waals surface area contributed by atoms with Crippen molar-refractivity contribution in [2.24, 2.45) is 0 Å². The topological polar surface area (TPSA) is 100 Å². The van der Waals surface area contributed by atoms with Gasteiger partial charge in [-0.2, -0.15) is 0 Å². The maximum Gasteiger partial charge on any atom is 0.269 e. The molecule has 1 aromatic heterocycles. The van der Waals surface area contributed by atoms with Crippen LogP contribution in [0, 0.1) is 10.1 Å². The predicted octanol–water partition coefficient (Wildman–Crippen LogP) is 4.71. The van der Waals surface area contributed by atoms with Crippen LogP contribution in [0.15, 0.2) is 76.1 Å². The van der Waals surface area contributed by atoms with Gasteiger partial charge in [-0.05, 0) is 43.3 Å². The third-order valence-electron chi connectivity index (χ3n) is 6.19. The number of likely N-dealkylation sites (N-methyl/N-ethyl adjacent to an activating group) is 1. The van der Waals surface area contributed by atoms with Crippen molar-refractivity contribution in [3.8, 4) is 11.3 Å². The van der Waals surface area contributed by atoms with Crippen LogP contribution in [0.5, 0.6) is 0 Å². The average molecular weight is 521 g/mol. The van der Waals surface area contributed by atoms with E-state index in [1.54, 1.807) is 35.4 Å². The van der Waals surface area contributed by atoms with E-state index in [-0.39, 0.29) is 23.5 Å². The predicted molar refractivity (Wildman–Crippen MR) is 141 cm³/mol. The molecule has 0 aliphatic carbocycles. The molecule has 36 heavy (non-hydrogen) atoms. The summed E-state index contributed by atoms with van der Waals surface area (Å²) in [7, 11) is 1.81. The number of hydrogen-bond donors (Lipinski definition) is 0. The first kappa shape index (κ1) is 23.9. The van der Waals surface area contributed by atoms with Crippen LogP contribution in [0.25, 0.3) is 17.4 Å². The summed E-state index contributed by atoms with van der Waals surface area (Å²) in [6, 6.07) is 17.6. The van der Waals surface area contributed by atoms with Crippen LogP contribution in [0.4, 0.5) is 11.4 Å².